The smallest absolute Gasteiger partial charge is 0.130 e. The Bertz CT molecular complexity index is 1450. The third-order valence-corrected chi connectivity index (χ3v) is 5.43. The molecule has 0 fully saturated rings. The first kappa shape index (κ1) is 21.3. The minimum Gasteiger partial charge on any atom is -0.496 e. The third-order valence-electron chi connectivity index (χ3n) is 5.43. The maximum atomic E-state index is 5.90. The van der Waals surface area contributed by atoms with E-state index < -0.39 is 0 Å². The largest absolute Gasteiger partial charge is 0.496 e. The molecule has 0 aliphatic rings. The summed E-state index contributed by atoms with van der Waals surface area (Å²) < 4.78 is 11.4. The zero-order valence-electron chi connectivity index (χ0n) is 18.7. The lowest BCUT2D eigenvalue weighted by molar-refractivity contribution is 0.300. The standard InChI is InChI=1S/C28H24N4O2/c1-33-28-14-13-25(34-19-24-6-4-5-15-29-24)16-20(28)9-11-22-17-23(32-31-22)12-10-21-18-30-27-8-3-2-7-26(21)27/h2-18,30H,19H2,1H3,(H,31,32)/b11-9+,12-10+. The first-order valence-corrected chi connectivity index (χ1v) is 11.0. The highest BCUT2D eigenvalue weighted by molar-refractivity contribution is 5.91. The summed E-state index contributed by atoms with van der Waals surface area (Å²) in [5.74, 6) is 1.51. The van der Waals surface area contributed by atoms with E-state index in [2.05, 4.69) is 38.4 Å². The fourth-order valence-corrected chi connectivity index (χ4v) is 3.68. The summed E-state index contributed by atoms with van der Waals surface area (Å²) in [5, 5.41) is 8.66. The number of rotatable bonds is 8. The zero-order valence-corrected chi connectivity index (χ0v) is 18.7. The van der Waals surface area contributed by atoms with Crippen LogP contribution in [0.2, 0.25) is 0 Å². The maximum absolute atomic E-state index is 5.90. The lowest BCUT2D eigenvalue weighted by Crippen LogP contribution is -1.98. The van der Waals surface area contributed by atoms with Crippen LogP contribution in [-0.4, -0.2) is 27.3 Å². The second-order valence-corrected chi connectivity index (χ2v) is 7.72. The Morgan fingerprint density at radius 3 is 2.65 bits per heavy atom. The summed E-state index contributed by atoms with van der Waals surface area (Å²) in [5.41, 5.74) is 5.77. The van der Waals surface area contributed by atoms with Gasteiger partial charge in [0.1, 0.15) is 18.1 Å². The summed E-state index contributed by atoms with van der Waals surface area (Å²) in [4.78, 5) is 7.58. The molecule has 6 nitrogen and oxygen atoms in total. The van der Waals surface area contributed by atoms with E-state index in [9.17, 15) is 0 Å². The number of nitrogens with one attached hydrogen (secondary N) is 2. The normalized spacial score (nSPS) is 11.6. The number of H-pyrrole nitrogens is 2. The molecule has 6 heteroatoms. The molecule has 0 saturated carbocycles. The number of nitrogens with zero attached hydrogens (tertiary/aromatic N) is 2. The van der Waals surface area contributed by atoms with E-state index in [4.69, 9.17) is 9.47 Å². The van der Waals surface area contributed by atoms with Gasteiger partial charge in [0.05, 0.1) is 24.2 Å². The lowest BCUT2D eigenvalue weighted by Gasteiger charge is -2.09. The number of hydrogen-bond donors (Lipinski definition) is 2. The van der Waals surface area contributed by atoms with Gasteiger partial charge in [-0.05, 0) is 66.3 Å². The van der Waals surface area contributed by atoms with Gasteiger partial charge in [-0.2, -0.15) is 5.10 Å². The van der Waals surface area contributed by atoms with E-state index in [1.54, 1.807) is 13.3 Å². The van der Waals surface area contributed by atoms with E-state index in [0.717, 1.165) is 45.2 Å². The molecule has 2 aromatic carbocycles. The molecule has 0 amide bonds. The van der Waals surface area contributed by atoms with Crippen molar-refractivity contribution >= 4 is 35.2 Å². The number of hydrogen-bond acceptors (Lipinski definition) is 4. The van der Waals surface area contributed by atoms with Crippen LogP contribution < -0.4 is 9.47 Å². The number of ether oxygens (including phenoxy) is 2. The highest BCUT2D eigenvalue weighted by Gasteiger charge is 2.05. The van der Waals surface area contributed by atoms with Gasteiger partial charge in [0.25, 0.3) is 0 Å². The quantitative estimate of drug-likeness (QED) is 0.296. The molecule has 3 heterocycles. The van der Waals surface area contributed by atoms with Crippen molar-refractivity contribution in [3.05, 3.63) is 107 Å². The Kier molecular flexibility index (Phi) is 6.21. The maximum Gasteiger partial charge on any atom is 0.130 e. The van der Waals surface area contributed by atoms with Gasteiger partial charge >= 0.3 is 0 Å². The number of fused-ring (bicyclic) bond motifs is 1. The van der Waals surface area contributed by atoms with Crippen molar-refractivity contribution in [2.45, 2.75) is 6.61 Å². The Morgan fingerprint density at radius 2 is 1.76 bits per heavy atom. The molecule has 0 spiro atoms. The number of para-hydroxylation sites is 1. The molecule has 3 aromatic heterocycles. The summed E-state index contributed by atoms with van der Waals surface area (Å²) in [6.07, 6.45) is 11.8. The van der Waals surface area contributed by atoms with Crippen LogP contribution >= 0.6 is 0 Å². The average molecular weight is 449 g/mol. The predicted octanol–water partition coefficient (Wildman–Crippen LogP) is 6.21. The fourth-order valence-electron chi connectivity index (χ4n) is 3.68. The van der Waals surface area contributed by atoms with Crippen LogP contribution in [0.3, 0.4) is 0 Å². The summed E-state index contributed by atoms with van der Waals surface area (Å²) in [7, 11) is 1.66. The van der Waals surface area contributed by atoms with Crippen molar-refractivity contribution in [1.82, 2.24) is 20.2 Å². The van der Waals surface area contributed by atoms with Crippen molar-refractivity contribution in [3.8, 4) is 11.5 Å². The second kappa shape index (κ2) is 9.92. The third kappa shape index (κ3) is 4.91. The molecular weight excluding hydrogens is 424 g/mol. The first-order chi connectivity index (χ1) is 16.8. The van der Waals surface area contributed by atoms with Crippen LogP contribution in [0.1, 0.15) is 28.2 Å². The summed E-state index contributed by atoms with van der Waals surface area (Å²) >= 11 is 0. The summed E-state index contributed by atoms with van der Waals surface area (Å²) in [6.45, 7) is 0.405. The number of aromatic amines is 2. The molecule has 0 aliphatic heterocycles. The van der Waals surface area contributed by atoms with Gasteiger partial charge in [-0.3, -0.25) is 10.1 Å². The van der Waals surface area contributed by atoms with Gasteiger partial charge in [0.15, 0.2) is 0 Å². The fraction of sp³-hybridized carbons (Fsp3) is 0.0714. The van der Waals surface area contributed by atoms with E-state index in [1.807, 2.05) is 79.0 Å². The predicted molar refractivity (Wildman–Crippen MR) is 136 cm³/mol. The van der Waals surface area contributed by atoms with Crippen molar-refractivity contribution in [2.75, 3.05) is 7.11 Å². The Balaban J connectivity index is 1.29. The van der Waals surface area contributed by atoms with Crippen LogP contribution in [0.25, 0.3) is 35.2 Å². The Labute approximate surface area is 197 Å². The molecule has 0 radical (unpaired) electrons. The van der Waals surface area contributed by atoms with Gasteiger partial charge in [-0.15, -0.1) is 0 Å². The van der Waals surface area contributed by atoms with E-state index >= 15 is 0 Å². The number of pyridine rings is 1. The minimum atomic E-state index is 0.405. The van der Waals surface area contributed by atoms with E-state index in [1.165, 1.54) is 5.39 Å². The van der Waals surface area contributed by atoms with Crippen LogP contribution in [0.15, 0.2) is 79.1 Å². The highest BCUT2D eigenvalue weighted by atomic mass is 16.5. The molecule has 0 atom stereocenters. The number of benzene rings is 2. The monoisotopic (exact) mass is 448 g/mol. The molecule has 168 valence electrons. The van der Waals surface area contributed by atoms with Gasteiger partial charge < -0.3 is 14.5 Å². The zero-order chi connectivity index (χ0) is 23.2. The SMILES string of the molecule is COc1ccc(OCc2ccccn2)cc1/C=C/c1cc(/C=C/c2c[nH]c3ccccc23)[nH]n1. The van der Waals surface area contributed by atoms with E-state index in [-0.39, 0.29) is 0 Å². The van der Waals surface area contributed by atoms with E-state index in [0.29, 0.717) is 6.61 Å². The van der Waals surface area contributed by atoms with Crippen LogP contribution in [0.5, 0.6) is 11.5 Å². The molecule has 34 heavy (non-hydrogen) atoms. The number of aromatic nitrogens is 4. The highest BCUT2D eigenvalue weighted by Crippen LogP contribution is 2.26. The van der Waals surface area contributed by atoms with Crippen molar-refractivity contribution in [3.63, 3.8) is 0 Å². The Hall–Kier alpha value is -4.58. The molecule has 2 N–H and O–H groups in total. The first-order valence-electron chi connectivity index (χ1n) is 11.0. The molecule has 0 unspecified atom stereocenters. The molecule has 5 aromatic rings. The van der Waals surface area contributed by atoms with Crippen molar-refractivity contribution < 1.29 is 9.47 Å². The van der Waals surface area contributed by atoms with Crippen molar-refractivity contribution in [2.24, 2.45) is 0 Å². The average Bonchev–Trinajstić information content (AvgIpc) is 3.52. The Morgan fingerprint density at radius 1 is 0.882 bits per heavy atom. The second-order valence-electron chi connectivity index (χ2n) is 7.72. The van der Waals surface area contributed by atoms with Crippen LogP contribution in [0, 0.1) is 0 Å². The lowest BCUT2D eigenvalue weighted by atomic mass is 10.1. The molecule has 0 aliphatic carbocycles. The molecule has 5 rings (SSSR count). The minimum absolute atomic E-state index is 0.405. The topological polar surface area (TPSA) is 75.8 Å². The van der Waals surface area contributed by atoms with Crippen LogP contribution in [-0.2, 0) is 6.61 Å². The number of methoxy groups -OCH3 is 1. The van der Waals surface area contributed by atoms with Gasteiger partial charge in [0, 0.05) is 28.9 Å². The van der Waals surface area contributed by atoms with Gasteiger partial charge in [-0.25, -0.2) is 0 Å². The molecular formula is C28H24N4O2. The van der Waals surface area contributed by atoms with Crippen molar-refractivity contribution in [1.29, 1.82) is 0 Å². The van der Waals surface area contributed by atoms with Crippen LogP contribution in [0.4, 0.5) is 0 Å². The van der Waals surface area contributed by atoms with Gasteiger partial charge in [-0.1, -0.05) is 30.3 Å². The van der Waals surface area contributed by atoms with Gasteiger partial charge in [0.2, 0.25) is 0 Å². The summed E-state index contributed by atoms with van der Waals surface area (Å²) in [6, 6.07) is 21.7. The molecule has 0 saturated heterocycles. The molecule has 0 bridgehead atoms.